The van der Waals surface area contributed by atoms with Crippen molar-refractivity contribution in [2.24, 2.45) is 0 Å². The predicted octanol–water partition coefficient (Wildman–Crippen LogP) is 1.82. The van der Waals surface area contributed by atoms with Crippen molar-refractivity contribution >= 4 is 31.6 Å². The van der Waals surface area contributed by atoms with Crippen molar-refractivity contribution in [2.75, 3.05) is 33.0 Å². The smallest absolute Gasteiger partial charge is 0.305 e. The van der Waals surface area contributed by atoms with Gasteiger partial charge in [-0.05, 0) is 35.9 Å². The van der Waals surface area contributed by atoms with Crippen LogP contribution in [0.15, 0.2) is 46.1 Å². The summed E-state index contributed by atoms with van der Waals surface area (Å²) in [5.41, 5.74) is 1.77. The van der Waals surface area contributed by atoms with E-state index < -0.39 is 10.0 Å². The summed E-state index contributed by atoms with van der Waals surface area (Å²) in [6.45, 7) is 3.12. The van der Waals surface area contributed by atoms with Crippen LogP contribution in [0, 0.1) is 0 Å². The summed E-state index contributed by atoms with van der Waals surface area (Å²) in [5, 5.41) is 0. The first-order chi connectivity index (χ1) is 14.0. The lowest BCUT2D eigenvalue weighted by molar-refractivity contribution is 0.173. The molecule has 1 fully saturated rings. The fraction of sp³-hybridized carbons (Fsp3) is 0.316. The molecule has 0 amide bonds. The van der Waals surface area contributed by atoms with Crippen LogP contribution in [0.4, 0.5) is 0 Å². The second kappa shape index (κ2) is 7.13. The van der Waals surface area contributed by atoms with Gasteiger partial charge in [0.25, 0.3) is 0 Å². The van der Waals surface area contributed by atoms with Gasteiger partial charge in [-0.25, -0.2) is 8.42 Å². The number of aromatic nitrogens is 1. The van der Waals surface area contributed by atoms with Crippen LogP contribution in [-0.2, 0) is 16.6 Å². The molecule has 2 aliphatic heterocycles. The number of H-pyrrole nitrogens is 1. The van der Waals surface area contributed by atoms with E-state index in [9.17, 15) is 13.2 Å². The lowest BCUT2D eigenvalue weighted by atomic mass is 10.2. The molecule has 0 unspecified atom stereocenters. The Hall–Kier alpha value is -2.40. The second-order valence-corrected chi connectivity index (χ2v) is 9.99. The summed E-state index contributed by atoms with van der Waals surface area (Å²) in [6.07, 6.45) is 0. The zero-order valence-electron chi connectivity index (χ0n) is 15.5. The van der Waals surface area contributed by atoms with E-state index in [0.29, 0.717) is 36.4 Å². The standard InChI is InChI=1S/C19H19N3O5S2/c23-19-20-15-3-2-14(10-18(15)28-19)29(24,25)22-7-5-21(6-8-22)11-13-1-4-16-17(9-13)27-12-26-16/h1-4,9-10H,5-8,11-12H2,(H,20,23). The maximum Gasteiger partial charge on any atom is 0.305 e. The van der Waals surface area contributed by atoms with Crippen LogP contribution in [0.1, 0.15) is 5.56 Å². The third kappa shape index (κ3) is 3.52. The Labute approximate surface area is 171 Å². The molecule has 29 heavy (non-hydrogen) atoms. The molecule has 5 rings (SSSR count). The molecule has 2 aliphatic rings. The van der Waals surface area contributed by atoms with Gasteiger partial charge in [-0.15, -0.1) is 0 Å². The van der Waals surface area contributed by atoms with E-state index in [0.717, 1.165) is 34.9 Å². The third-order valence-electron chi connectivity index (χ3n) is 5.20. The Morgan fingerprint density at radius 2 is 1.79 bits per heavy atom. The van der Waals surface area contributed by atoms with Crippen molar-refractivity contribution in [2.45, 2.75) is 11.4 Å². The van der Waals surface area contributed by atoms with Crippen molar-refractivity contribution in [1.82, 2.24) is 14.2 Å². The van der Waals surface area contributed by atoms with Crippen LogP contribution < -0.4 is 14.3 Å². The van der Waals surface area contributed by atoms with Crippen LogP contribution >= 0.6 is 11.3 Å². The summed E-state index contributed by atoms with van der Waals surface area (Å²) < 4.78 is 39.0. The lowest BCUT2D eigenvalue weighted by Gasteiger charge is -2.34. The topological polar surface area (TPSA) is 91.9 Å². The zero-order chi connectivity index (χ0) is 20.0. The molecule has 1 saturated heterocycles. The van der Waals surface area contributed by atoms with Gasteiger partial charge < -0.3 is 14.5 Å². The Kier molecular flexibility index (Phi) is 4.58. The molecule has 0 spiro atoms. The molecule has 0 bridgehead atoms. The van der Waals surface area contributed by atoms with Crippen LogP contribution in [0.25, 0.3) is 10.2 Å². The number of aromatic amines is 1. The van der Waals surface area contributed by atoms with Crippen molar-refractivity contribution in [1.29, 1.82) is 0 Å². The van der Waals surface area contributed by atoms with Gasteiger partial charge in [-0.3, -0.25) is 9.69 Å². The summed E-state index contributed by atoms with van der Waals surface area (Å²) in [5.74, 6) is 1.51. The van der Waals surface area contributed by atoms with E-state index in [1.165, 1.54) is 4.31 Å². The van der Waals surface area contributed by atoms with E-state index in [1.807, 2.05) is 18.2 Å². The minimum absolute atomic E-state index is 0.188. The van der Waals surface area contributed by atoms with Crippen molar-refractivity contribution < 1.29 is 17.9 Å². The highest BCUT2D eigenvalue weighted by atomic mass is 32.2. The number of nitrogens with one attached hydrogen (secondary N) is 1. The Balaban J connectivity index is 1.27. The summed E-state index contributed by atoms with van der Waals surface area (Å²) in [7, 11) is -3.59. The highest BCUT2D eigenvalue weighted by Gasteiger charge is 2.29. The number of piperazine rings is 1. The van der Waals surface area contributed by atoms with Crippen LogP contribution in [0.3, 0.4) is 0 Å². The fourth-order valence-corrected chi connectivity index (χ4v) is 5.96. The molecule has 1 aromatic heterocycles. The number of rotatable bonds is 4. The number of nitrogens with zero attached hydrogens (tertiary/aromatic N) is 2. The number of benzene rings is 2. The van der Waals surface area contributed by atoms with E-state index in [2.05, 4.69) is 9.88 Å². The molecule has 1 N–H and O–H groups in total. The first kappa shape index (κ1) is 18.6. The summed E-state index contributed by atoms with van der Waals surface area (Å²) >= 11 is 1.02. The molecule has 0 saturated carbocycles. The second-order valence-electron chi connectivity index (χ2n) is 7.04. The van der Waals surface area contributed by atoms with Gasteiger partial charge in [-0.2, -0.15) is 4.31 Å². The quantitative estimate of drug-likeness (QED) is 0.675. The molecule has 3 heterocycles. The van der Waals surface area contributed by atoms with Gasteiger partial charge in [-0.1, -0.05) is 17.4 Å². The average molecular weight is 434 g/mol. The van der Waals surface area contributed by atoms with Gasteiger partial charge >= 0.3 is 4.87 Å². The van der Waals surface area contributed by atoms with Gasteiger partial charge in [0.05, 0.1) is 15.1 Å². The van der Waals surface area contributed by atoms with Crippen LogP contribution in [0.2, 0.25) is 0 Å². The van der Waals surface area contributed by atoms with Crippen molar-refractivity contribution in [3.63, 3.8) is 0 Å². The third-order valence-corrected chi connectivity index (χ3v) is 7.94. The Bertz CT molecular complexity index is 1230. The number of hydrogen-bond donors (Lipinski definition) is 1. The number of hydrogen-bond acceptors (Lipinski definition) is 7. The minimum Gasteiger partial charge on any atom is -0.454 e. The van der Waals surface area contributed by atoms with Gasteiger partial charge in [0, 0.05) is 32.7 Å². The highest BCUT2D eigenvalue weighted by molar-refractivity contribution is 7.89. The van der Waals surface area contributed by atoms with Gasteiger partial charge in [0.2, 0.25) is 16.8 Å². The van der Waals surface area contributed by atoms with E-state index in [1.54, 1.807) is 18.2 Å². The number of thiazole rings is 1. The molecule has 8 nitrogen and oxygen atoms in total. The largest absolute Gasteiger partial charge is 0.454 e. The molecular weight excluding hydrogens is 414 g/mol. The Morgan fingerprint density at radius 3 is 2.62 bits per heavy atom. The Morgan fingerprint density at radius 1 is 1.00 bits per heavy atom. The average Bonchev–Trinajstić information content (AvgIpc) is 3.32. The molecule has 0 atom stereocenters. The molecule has 3 aromatic rings. The molecule has 2 aromatic carbocycles. The van der Waals surface area contributed by atoms with Crippen LogP contribution in [-0.4, -0.2) is 55.6 Å². The molecule has 10 heteroatoms. The highest BCUT2D eigenvalue weighted by Crippen LogP contribution is 2.33. The maximum absolute atomic E-state index is 13.0. The number of ether oxygens (including phenoxy) is 2. The van der Waals surface area contributed by atoms with Crippen molar-refractivity contribution in [3.05, 3.63) is 51.6 Å². The molecule has 152 valence electrons. The van der Waals surface area contributed by atoms with E-state index in [4.69, 9.17) is 9.47 Å². The normalized spacial score (nSPS) is 17.8. The van der Waals surface area contributed by atoms with Crippen molar-refractivity contribution in [3.8, 4) is 11.5 Å². The summed E-state index contributed by atoms with van der Waals surface area (Å²) in [4.78, 5) is 16.4. The van der Waals surface area contributed by atoms with E-state index >= 15 is 0 Å². The minimum atomic E-state index is -3.59. The van der Waals surface area contributed by atoms with Gasteiger partial charge in [0.1, 0.15) is 0 Å². The first-order valence-corrected chi connectivity index (χ1v) is 11.5. The van der Waals surface area contributed by atoms with E-state index in [-0.39, 0.29) is 16.6 Å². The molecule has 0 aliphatic carbocycles. The zero-order valence-corrected chi connectivity index (χ0v) is 17.1. The monoisotopic (exact) mass is 433 g/mol. The predicted molar refractivity (Wildman–Crippen MR) is 109 cm³/mol. The number of fused-ring (bicyclic) bond motifs is 2. The van der Waals surface area contributed by atoms with Gasteiger partial charge in [0.15, 0.2) is 11.5 Å². The first-order valence-electron chi connectivity index (χ1n) is 9.23. The maximum atomic E-state index is 13.0. The molecular formula is C19H19N3O5S2. The SMILES string of the molecule is O=c1[nH]c2ccc(S(=O)(=O)N3CCN(Cc4ccc5c(c4)OCO5)CC3)cc2s1. The van der Waals surface area contributed by atoms with Crippen LogP contribution in [0.5, 0.6) is 11.5 Å². The molecule has 0 radical (unpaired) electrons. The summed E-state index contributed by atoms with van der Waals surface area (Å²) in [6, 6.07) is 10.7. The number of sulfonamides is 1. The fourth-order valence-electron chi connectivity index (χ4n) is 3.66. The lowest BCUT2D eigenvalue weighted by Crippen LogP contribution is -2.48.